The van der Waals surface area contributed by atoms with Gasteiger partial charge in [0.1, 0.15) is 23.4 Å². The second-order valence-electron chi connectivity index (χ2n) is 9.95. The molecule has 1 aromatic heterocycles. The molecule has 2 aromatic carbocycles. The van der Waals surface area contributed by atoms with Gasteiger partial charge in [-0.3, -0.25) is 19.6 Å². The number of esters is 1. The van der Waals surface area contributed by atoms with Crippen molar-refractivity contribution >= 4 is 41.1 Å². The van der Waals surface area contributed by atoms with E-state index in [1.807, 2.05) is 6.92 Å². The summed E-state index contributed by atoms with van der Waals surface area (Å²) in [7, 11) is 0. The number of carbonyl (C=O) groups is 3. The normalized spacial score (nSPS) is 15.3. The van der Waals surface area contributed by atoms with Crippen molar-refractivity contribution in [2.45, 2.75) is 38.7 Å². The average molecular weight is 552 g/mol. The predicted octanol–water partition coefficient (Wildman–Crippen LogP) is 5.91. The van der Waals surface area contributed by atoms with Crippen molar-refractivity contribution in [3.8, 4) is 0 Å². The van der Waals surface area contributed by atoms with Crippen LogP contribution >= 0.6 is 11.8 Å². The van der Waals surface area contributed by atoms with E-state index in [0.717, 1.165) is 11.1 Å². The molecule has 1 fully saturated rings. The molecule has 1 aliphatic heterocycles. The van der Waals surface area contributed by atoms with Crippen molar-refractivity contribution in [1.82, 2.24) is 4.98 Å². The molecule has 1 unspecified atom stereocenters. The van der Waals surface area contributed by atoms with E-state index >= 15 is 0 Å². The van der Waals surface area contributed by atoms with Crippen molar-refractivity contribution in [3.05, 3.63) is 89.5 Å². The zero-order chi connectivity index (χ0) is 28.2. The lowest BCUT2D eigenvalue weighted by Gasteiger charge is -2.27. The SMILES string of the molecule is Cc1cc(C(=O)OCCN(C(=O)OC(C)(C)C)c2ccncc2)ccc1N1C(=O)CSC1c1ccc(F)cc1. The number of nitrogens with zero attached hydrogens (tertiary/aromatic N) is 3. The van der Waals surface area contributed by atoms with Crippen LogP contribution in [0.15, 0.2) is 67.0 Å². The van der Waals surface area contributed by atoms with Crippen molar-refractivity contribution in [2.75, 3.05) is 28.7 Å². The number of amides is 2. The number of aromatic nitrogens is 1. The lowest BCUT2D eigenvalue weighted by molar-refractivity contribution is -0.115. The monoisotopic (exact) mass is 551 g/mol. The number of hydrogen-bond acceptors (Lipinski definition) is 7. The summed E-state index contributed by atoms with van der Waals surface area (Å²) in [6.07, 6.45) is 2.56. The minimum atomic E-state index is -0.691. The van der Waals surface area contributed by atoms with E-state index in [2.05, 4.69) is 4.98 Å². The molecule has 4 rings (SSSR count). The van der Waals surface area contributed by atoms with Crippen LogP contribution in [-0.4, -0.2) is 47.5 Å². The van der Waals surface area contributed by atoms with E-state index in [4.69, 9.17) is 9.47 Å². The van der Waals surface area contributed by atoms with E-state index in [0.29, 0.717) is 22.7 Å². The Morgan fingerprint density at radius 3 is 2.44 bits per heavy atom. The highest BCUT2D eigenvalue weighted by Gasteiger charge is 2.35. The minimum absolute atomic E-state index is 0.0604. The minimum Gasteiger partial charge on any atom is -0.460 e. The number of benzene rings is 2. The van der Waals surface area contributed by atoms with Gasteiger partial charge in [0.05, 0.1) is 23.5 Å². The summed E-state index contributed by atoms with van der Waals surface area (Å²) in [5.74, 6) is -0.655. The largest absolute Gasteiger partial charge is 0.460 e. The Morgan fingerprint density at radius 1 is 1.10 bits per heavy atom. The summed E-state index contributed by atoms with van der Waals surface area (Å²) in [6.45, 7) is 7.17. The molecule has 0 aliphatic carbocycles. The Bertz CT molecular complexity index is 1350. The first kappa shape index (κ1) is 28.1. The van der Waals surface area contributed by atoms with Crippen LogP contribution in [0.25, 0.3) is 0 Å². The zero-order valence-electron chi connectivity index (χ0n) is 22.2. The molecule has 3 aromatic rings. The number of aryl methyl sites for hydroxylation is 1. The van der Waals surface area contributed by atoms with Crippen LogP contribution in [0.3, 0.4) is 0 Å². The molecule has 204 valence electrons. The smallest absolute Gasteiger partial charge is 0.414 e. The maximum atomic E-state index is 13.4. The highest BCUT2D eigenvalue weighted by molar-refractivity contribution is 8.00. The molecule has 0 saturated carbocycles. The maximum Gasteiger partial charge on any atom is 0.414 e. The molecule has 39 heavy (non-hydrogen) atoms. The summed E-state index contributed by atoms with van der Waals surface area (Å²) in [4.78, 5) is 45.4. The quantitative estimate of drug-likeness (QED) is 0.338. The predicted molar refractivity (Wildman–Crippen MR) is 148 cm³/mol. The Labute approximate surface area is 231 Å². The van der Waals surface area contributed by atoms with Gasteiger partial charge in [-0.1, -0.05) is 12.1 Å². The number of thioether (sulfide) groups is 1. The van der Waals surface area contributed by atoms with Crippen LogP contribution in [0.5, 0.6) is 0 Å². The van der Waals surface area contributed by atoms with Crippen LogP contribution in [0.4, 0.5) is 20.6 Å². The Balaban J connectivity index is 1.44. The summed E-state index contributed by atoms with van der Waals surface area (Å²) in [5.41, 5.74) is 2.41. The van der Waals surface area contributed by atoms with Gasteiger partial charge in [-0.15, -0.1) is 11.8 Å². The maximum absolute atomic E-state index is 13.4. The lowest BCUT2D eigenvalue weighted by atomic mass is 10.1. The molecule has 8 nitrogen and oxygen atoms in total. The second kappa shape index (κ2) is 11.9. The molecule has 2 amide bonds. The molecule has 0 spiro atoms. The standard InChI is InChI=1S/C29H30FN3O5S/c1-19-17-21(7-10-24(19)33-25(34)18-39-26(33)20-5-8-22(30)9-6-20)27(35)37-16-15-32(23-11-13-31-14-12-23)28(36)38-29(2,3)4/h5-14,17,26H,15-16,18H2,1-4H3. The Kier molecular flexibility index (Phi) is 8.54. The first-order valence-electron chi connectivity index (χ1n) is 12.4. The number of rotatable bonds is 7. The van der Waals surface area contributed by atoms with Crippen molar-refractivity contribution in [2.24, 2.45) is 0 Å². The van der Waals surface area contributed by atoms with Gasteiger partial charge in [0.15, 0.2) is 0 Å². The lowest BCUT2D eigenvalue weighted by Crippen LogP contribution is -2.39. The van der Waals surface area contributed by atoms with Gasteiger partial charge >= 0.3 is 12.1 Å². The summed E-state index contributed by atoms with van der Waals surface area (Å²) >= 11 is 1.46. The fourth-order valence-corrected chi connectivity index (χ4v) is 5.26. The summed E-state index contributed by atoms with van der Waals surface area (Å²) in [6, 6.07) is 14.4. The van der Waals surface area contributed by atoms with E-state index in [1.165, 1.54) is 28.8 Å². The summed E-state index contributed by atoms with van der Waals surface area (Å²) < 4.78 is 24.4. The number of halogens is 1. The van der Waals surface area contributed by atoms with Crippen molar-refractivity contribution in [1.29, 1.82) is 0 Å². The molecule has 1 saturated heterocycles. The van der Waals surface area contributed by atoms with Crippen LogP contribution < -0.4 is 9.80 Å². The molecule has 2 heterocycles. The van der Waals surface area contributed by atoms with Gasteiger partial charge in [-0.2, -0.15) is 0 Å². The number of pyridine rings is 1. The highest BCUT2D eigenvalue weighted by atomic mass is 32.2. The molecular formula is C29H30FN3O5S. The number of carbonyl (C=O) groups excluding carboxylic acids is 3. The summed E-state index contributed by atoms with van der Waals surface area (Å²) in [5, 5.41) is -0.290. The third kappa shape index (κ3) is 6.94. The van der Waals surface area contributed by atoms with E-state index < -0.39 is 17.7 Å². The molecule has 1 aliphatic rings. The van der Waals surface area contributed by atoms with Crippen LogP contribution in [-0.2, 0) is 14.3 Å². The van der Waals surface area contributed by atoms with Crippen molar-refractivity contribution in [3.63, 3.8) is 0 Å². The van der Waals surface area contributed by atoms with Gasteiger partial charge in [-0.25, -0.2) is 14.0 Å². The van der Waals surface area contributed by atoms with Gasteiger partial charge < -0.3 is 9.47 Å². The van der Waals surface area contributed by atoms with Crippen LogP contribution in [0.1, 0.15) is 47.6 Å². The first-order chi connectivity index (χ1) is 18.5. The Hall–Kier alpha value is -3.92. The van der Waals surface area contributed by atoms with Gasteiger partial charge in [0.2, 0.25) is 5.91 Å². The first-order valence-corrected chi connectivity index (χ1v) is 13.5. The zero-order valence-corrected chi connectivity index (χ0v) is 23.0. The topological polar surface area (TPSA) is 89.0 Å². The average Bonchev–Trinajstić information content (AvgIpc) is 3.27. The fraction of sp³-hybridized carbons (Fsp3) is 0.310. The number of ether oxygens (including phenoxy) is 2. The Morgan fingerprint density at radius 2 is 1.79 bits per heavy atom. The number of anilines is 2. The molecule has 10 heteroatoms. The number of hydrogen-bond donors (Lipinski definition) is 0. The molecule has 0 bridgehead atoms. The second-order valence-corrected chi connectivity index (χ2v) is 11.0. The fourth-order valence-electron chi connectivity index (χ4n) is 4.09. The van der Waals surface area contributed by atoms with Crippen molar-refractivity contribution < 1.29 is 28.2 Å². The molecule has 0 radical (unpaired) electrons. The van der Waals surface area contributed by atoms with Gasteiger partial charge in [-0.05, 0) is 81.3 Å². The van der Waals surface area contributed by atoms with Gasteiger partial charge in [0.25, 0.3) is 0 Å². The highest BCUT2D eigenvalue weighted by Crippen LogP contribution is 2.42. The third-order valence-electron chi connectivity index (χ3n) is 5.85. The van der Waals surface area contributed by atoms with E-state index in [9.17, 15) is 18.8 Å². The molecular weight excluding hydrogens is 521 g/mol. The van der Waals surface area contributed by atoms with E-state index in [-0.39, 0.29) is 30.2 Å². The third-order valence-corrected chi connectivity index (χ3v) is 7.06. The van der Waals surface area contributed by atoms with E-state index in [1.54, 1.807) is 80.5 Å². The molecule has 0 N–H and O–H groups in total. The molecule has 1 atom stereocenters. The van der Waals surface area contributed by atoms with Gasteiger partial charge in [0, 0.05) is 18.1 Å². The van der Waals surface area contributed by atoms with Crippen LogP contribution in [0.2, 0.25) is 0 Å². The van der Waals surface area contributed by atoms with Crippen LogP contribution in [0, 0.1) is 12.7 Å².